The van der Waals surface area contributed by atoms with E-state index in [1.807, 2.05) is 0 Å². The molecule has 1 heterocycles. The number of amidine groups is 1. The molecule has 1 N–H and O–H groups in total. The minimum Gasteiger partial charge on any atom is -0.497 e. The molecule has 0 aromatic heterocycles. The van der Waals surface area contributed by atoms with Crippen LogP contribution in [0.1, 0.15) is 17.5 Å². The zero-order valence-electron chi connectivity index (χ0n) is 16.8. The number of alkyl halides is 3. The molecule has 0 radical (unpaired) electrons. The van der Waals surface area contributed by atoms with Crippen LogP contribution < -0.4 is 10.1 Å². The number of halogens is 3. The molecular weight excluding hydrogens is 431 g/mol. The van der Waals surface area contributed by atoms with Gasteiger partial charge in [0.25, 0.3) is 0 Å². The average molecular weight is 451 g/mol. The second-order valence-corrected chi connectivity index (χ2v) is 7.87. The Kier molecular flexibility index (Phi) is 6.89. The highest BCUT2D eigenvalue weighted by molar-refractivity contribution is 8.15. The van der Waals surface area contributed by atoms with Crippen LogP contribution in [0.25, 0.3) is 0 Å². The van der Waals surface area contributed by atoms with E-state index < -0.39 is 17.0 Å². The summed E-state index contributed by atoms with van der Waals surface area (Å²) in [6.07, 6.45) is -4.55. The molecule has 0 spiro atoms. The van der Waals surface area contributed by atoms with Crippen LogP contribution in [-0.4, -0.2) is 41.3 Å². The fourth-order valence-corrected chi connectivity index (χ4v) is 4.09. The Labute approximate surface area is 181 Å². The number of carbonyl (C=O) groups is 2. The van der Waals surface area contributed by atoms with Crippen LogP contribution >= 0.6 is 11.8 Å². The summed E-state index contributed by atoms with van der Waals surface area (Å²) in [5.74, 6) is -0.0336. The van der Waals surface area contributed by atoms with Crippen molar-refractivity contribution in [2.75, 3.05) is 14.2 Å². The van der Waals surface area contributed by atoms with E-state index in [2.05, 4.69) is 10.3 Å². The minimum atomic E-state index is -4.51. The lowest BCUT2D eigenvalue weighted by Crippen LogP contribution is -2.45. The van der Waals surface area contributed by atoms with E-state index in [0.717, 1.165) is 29.5 Å². The van der Waals surface area contributed by atoms with E-state index in [4.69, 9.17) is 4.74 Å². The standard InChI is InChI=1S/C21H20F3N3O3S/c1-25-19(29)17-11-18(28)27(12-13-6-8-16(30-2)9-7-13)20(31-17)26-15-5-3-4-14(10-15)21(22,23)24/h3-10,17H,11-12H2,1-2H3,(H,25,29). The van der Waals surface area contributed by atoms with Crippen LogP contribution in [0.5, 0.6) is 5.75 Å². The van der Waals surface area contributed by atoms with Crippen LogP contribution in [0.3, 0.4) is 0 Å². The molecule has 1 aliphatic rings. The second-order valence-electron chi connectivity index (χ2n) is 6.70. The number of thioether (sulfide) groups is 1. The van der Waals surface area contributed by atoms with Crippen LogP contribution in [-0.2, 0) is 22.3 Å². The van der Waals surface area contributed by atoms with Crippen molar-refractivity contribution < 1.29 is 27.5 Å². The van der Waals surface area contributed by atoms with E-state index in [0.29, 0.717) is 5.75 Å². The molecule has 3 rings (SSSR count). The van der Waals surface area contributed by atoms with Crippen molar-refractivity contribution in [3.8, 4) is 5.75 Å². The monoisotopic (exact) mass is 451 g/mol. The fraction of sp³-hybridized carbons (Fsp3) is 0.286. The van der Waals surface area contributed by atoms with E-state index in [-0.39, 0.29) is 35.6 Å². The number of amides is 2. The maximum absolute atomic E-state index is 13.1. The van der Waals surface area contributed by atoms with Gasteiger partial charge >= 0.3 is 6.18 Å². The number of benzene rings is 2. The average Bonchev–Trinajstić information content (AvgIpc) is 2.75. The number of hydrogen-bond donors (Lipinski definition) is 1. The largest absolute Gasteiger partial charge is 0.497 e. The molecule has 2 aromatic rings. The predicted octanol–water partition coefficient (Wildman–Crippen LogP) is 3.98. The first-order chi connectivity index (χ1) is 14.7. The number of aliphatic imine (C=N–C) groups is 1. The van der Waals surface area contributed by atoms with Crippen molar-refractivity contribution >= 4 is 34.4 Å². The van der Waals surface area contributed by atoms with Crippen molar-refractivity contribution in [2.24, 2.45) is 4.99 Å². The fourth-order valence-electron chi connectivity index (χ4n) is 2.93. The number of carbonyl (C=O) groups excluding carboxylic acids is 2. The molecule has 1 fully saturated rings. The molecular formula is C21H20F3N3O3S. The second kappa shape index (κ2) is 9.42. The number of methoxy groups -OCH3 is 1. The van der Waals surface area contributed by atoms with Crippen molar-refractivity contribution in [1.29, 1.82) is 0 Å². The number of hydrogen-bond acceptors (Lipinski definition) is 5. The van der Waals surface area contributed by atoms with E-state index >= 15 is 0 Å². The smallest absolute Gasteiger partial charge is 0.416 e. The highest BCUT2D eigenvalue weighted by Crippen LogP contribution is 2.34. The van der Waals surface area contributed by atoms with Gasteiger partial charge in [-0.2, -0.15) is 13.2 Å². The van der Waals surface area contributed by atoms with Gasteiger partial charge in [-0.1, -0.05) is 30.0 Å². The Balaban J connectivity index is 1.96. The lowest BCUT2D eigenvalue weighted by molar-refractivity contribution is -0.137. The zero-order chi connectivity index (χ0) is 22.6. The third-order valence-corrected chi connectivity index (χ3v) is 5.76. The molecule has 10 heteroatoms. The summed E-state index contributed by atoms with van der Waals surface area (Å²) >= 11 is 1.05. The molecule has 2 aromatic carbocycles. The van der Waals surface area contributed by atoms with Gasteiger partial charge in [0, 0.05) is 13.5 Å². The molecule has 6 nitrogen and oxygen atoms in total. The highest BCUT2D eigenvalue weighted by Gasteiger charge is 2.36. The lowest BCUT2D eigenvalue weighted by atomic mass is 10.2. The third kappa shape index (κ3) is 5.57. The summed E-state index contributed by atoms with van der Waals surface area (Å²) in [4.78, 5) is 30.6. The van der Waals surface area contributed by atoms with E-state index in [1.54, 1.807) is 31.4 Å². The molecule has 0 bridgehead atoms. The lowest BCUT2D eigenvalue weighted by Gasteiger charge is -2.31. The van der Waals surface area contributed by atoms with Crippen LogP contribution in [0.2, 0.25) is 0 Å². The van der Waals surface area contributed by atoms with Crippen LogP contribution in [0.15, 0.2) is 53.5 Å². The summed E-state index contributed by atoms with van der Waals surface area (Å²) in [7, 11) is 3.00. The van der Waals surface area contributed by atoms with E-state index in [1.165, 1.54) is 24.1 Å². The Morgan fingerprint density at radius 2 is 1.97 bits per heavy atom. The Morgan fingerprint density at radius 3 is 2.58 bits per heavy atom. The minimum absolute atomic E-state index is 0.0396. The van der Waals surface area contributed by atoms with Gasteiger partial charge in [0.05, 0.1) is 30.2 Å². The first kappa shape index (κ1) is 22.7. The molecule has 0 saturated carbocycles. The zero-order valence-corrected chi connectivity index (χ0v) is 17.6. The number of rotatable bonds is 5. The molecule has 1 saturated heterocycles. The van der Waals surface area contributed by atoms with Gasteiger partial charge in [-0.25, -0.2) is 4.99 Å². The van der Waals surface area contributed by atoms with Gasteiger partial charge in [-0.15, -0.1) is 0 Å². The van der Waals surface area contributed by atoms with Crippen LogP contribution in [0.4, 0.5) is 18.9 Å². The number of ether oxygens (including phenoxy) is 1. The number of nitrogens with one attached hydrogen (secondary N) is 1. The van der Waals surface area contributed by atoms with Gasteiger partial charge in [0.2, 0.25) is 11.8 Å². The number of nitrogens with zero attached hydrogens (tertiary/aromatic N) is 2. The predicted molar refractivity (Wildman–Crippen MR) is 112 cm³/mol. The van der Waals surface area contributed by atoms with Crippen molar-refractivity contribution in [1.82, 2.24) is 10.2 Å². The summed E-state index contributed by atoms with van der Waals surface area (Å²) in [6.45, 7) is 0.161. The quantitative estimate of drug-likeness (QED) is 0.747. The third-order valence-electron chi connectivity index (χ3n) is 4.58. The summed E-state index contributed by atoms with van der Waals surface area (Å²) in [5, 5.41) is 1.95. The van der Waals surface area contributed by atoms with Gasteiger partial charge in [-0.3, -0.25) is 14.5 Å². The molecule has 31 heavy (non-hydrogen) atoms. The van der Waals surface area contributed by atoms with Crippen molar-refractivity contribution in [3.63, 3.8) is 0 Å². The molecule has 1 aliphatic heterocycles. The normalized spacial score (nSPS) is 18.2. The van der Waals surface area contributed by atoms with Gasteiger partial charge in [0.1, 0.15) is 5.75 Å². The maximum atomic E-state index is 13.1. The molecule has 1 unspecified atom stereocenters. The SMILES string of the molecule is CNC(=O)C1CC(=O)N(Cc2ccc(OC)cc2)C(=Nc2cccc(C(F)(F)F)c2)S1. The maximum Gasteiger partial charge on any atom is 0.416 e. The summed E-state index contributed by atoms with van der Waals surface area (Å²) < 4.78 is 44.3. The van der Waals surface area contributed by atoms with Crippen LogP contribution in [0, 0.1) is 0 Å². The highest BCUT2D eigenvalue weighted by atomic mass is 32.2. The Bertz CT molecular complexity index is 993. The van der Waals surface area contributed by atoms with Gasteiger partial charge < -0.3 is 10.1 Å². The van der Waals surface area contributed by atoms with Crippen molar-refractivity contribution in [3.05, 3.63) is 59.7 Å². The summed E-state index contributed by atoms with van der Waals surface area (Å²) in [5.41, 5.74) is -0.0154. The van der Waals surface area contributed by atoms with Gasteiger partial charge in [-0.05, 0) is 35.9 Å². The first-order valence-corrected chi connectivity index (χ1v) is 10.2. The van der Waals surface area contributed by atoms with Gasteiger partial charge in [0.15, 0.2) is 5.17 Å². The molecule has 0 aliphatic carbocycles. The van der Waals surface area contributed by atoms with Crippen molar-refractivity contribution in [2.45, 2.75) is 24.4 Å². The molecule has 164 valence electrons. The molecule has 2 amide bonds. The molecule has 1 atom stereocenters. The Morgan fingerprint density at radius 1 is 1.26 bits per heavy atom. The Hall–Kier alpha value is -3.01. The summed E-state index contributed by atoms with van der Waals surface area (Å²) in [6, 6.07) is 11.6. The first-order valence-electron chi connectivity index (χ1n) is 9.28. The topological polar surface area (TPSA) is 71.0 Å². The van der Waals surface area contributed by atoms with E-state index in [9.17, 15) is 22.8 Å².